The molecule has 0 saturated heterocycles. The van der Waals surface area contributed by atoms with E-state index in [1.165, 1.54) is 12.4 Å². The number of nitrogens with zero attached hydrogens (tertiary/aromatic N) is 4. The van der Waals surface area contributed by atoms with E-state index in [1.807, 2.05) is 26.0 Å². The molecular formula is C32H39F3N4O4. The van der Waals surface area contributed by atoms with Gasteiger partial charge in [0.2, 0.25) is 11.6 Å². The molecular weight excluding hydrogens is 561 g/mol. The fourth-order valence-electron chi connectivity index (χ4n) is 4.40. The standard InChI is InChI=1S/C32H39F3N4O4/c1-4-6-8-10-12-22(3)42-30(40)28-36-18-25(19-37-28)23-14-16-24(17-15-23)26-20-38-29(39-21-26)31(41)43-27(32(33,34)35)13-11-9-7-5-2/h14-22,27H,4-13H2,1-3H3/t22-,27+/m1/s1. The predicted molar refractivity (Wildman–Crippen MR) is 156 cm³/mol. The second kappa shape index (κ2) is 16.7. The molecule has 232 valence electrons. The highest BCUT2D eigenvalue weighted by Crippen LogP contribution is 2.28. The van der Waals surface area contributed by atoms with E-state index in [4.69, 9.17) is 9.47 Å². The Balaban J connectivity index is 1.57. The summed E-state index contributed by atoms with van der Waals surface area (Å²) in [5, 5.41) is 0. The number of hydrogen-bond donors (Lipinski definition) is 0. The number of alkyl halides is 3. The number of unbranched alkanes of at least 4 members (excludes halogenated alkanes) is 6. The summed E-state index contributed by atoms with van der Waals surface area (Å²) in [7, 11) is 0. The van der Waals surface area contributed by atoms with Gasteiger partial charge in [-0.2, -0.15) is 13.2 Å². The second-order valence-electron chi connectivity index (χ2n) is 10.5. The Morgan fingerprint density at radius 3 is 1.49 bits per heavy atom. The molecule has 0 amide bonds. The first-order valence-corrected chi connectivity index (χ1v) is 14.9. The van der Waals surface area contributed by atoms with Crippen LogP contribution in [0.4, 0.5) is 13.2 Å². The summed E-state index contributed by atoms with van der Waals surface area (Å²) in [6.07, 6.45) is 6.32. The molecule has 2 aromatic heterocycles. The number of halogens is 3. The van der Waals surface area contributed by atoms with Crippen molar-refractivity contribution in [1.29, 1.82) is 0 Å². The third-order valence-corrected chi connectivity index (χ3v) is 6.93. The maximum absolute atomic E-state index is 13.4. The van der Waals surface area contributed by atoms with Gasteiger partial charge in [-0.3, -0.25) is 0 Å². The topological polar surface area (TPSA) is 104 Å². The number of ether oxygens (including phenoxy) is 2. The Morgan fingerprint density at radius 1 is 0.651 bits per heavy atom. The van der Waals surface area contributed by atoms with Crippen LogP contribution in [0, 0.1) is 0 Å². The lowest BCUT2D eigenvalue weighted by molar-refractivity contribution is -0.206. The molecule has 11 heteroatoms. The zero-order chi connectivity index (χ0) is 31.2. The van der Waals surface area contributed by atoms with E-state index >= 15 is 0 Å². The summed E-state index contributed by atoms with van der Waals surface area (Å²) in [5.74, 6) is -2.22. The fraction of sp³-hybridized carbons (Fsp3) is 0.500. The van der Waals surface area contributed by atoms with Gasteiger partial charge in [-0.1, -0.05) is 76.6 Å². The third kappa shape index (κ3) is 10.7. The lowest BCUT2D eigenvalue weighted by atomic mass is 10.0. The van der Waals surface area contributed by atoms with Crippen molar-refractivity contribution in [3.63, 3.8) is 0 Å². The quantitative estimate of drug-likeness (QED) is 0.120. The van der Waals surface area contributed by atoms with E-state index in [1.54, 1.807) is 24.5 Å². The Kier molecular flexibility index (Phi) is 13.0. The zero-order valence-electron chi connectivity index (χ0n) is 24.9. The molecule has 8 nitrogen and oxygen atoms in total. The Bertz CT molecular complexity index is 1280. The van der Waals surface area contributed by atoms with Gasteiger partial charge in [0.25, 0.3) is 0 Å². The molecule has 0 saturated carbocycles. The Labute approximate surface area is 250 Å². The molecule has 0 aliphatic rings. The Morgan fingerprint density at radius 2 is 1.07 bits per heavy atom. The SMILES string of the molecule is CCCCCC[C@@H](C)OC(=O)c1ncc(-c2ccc(-c3cnc(C(=O)O[C@@H](CCCCCC)C(F)(F)F)nc3)cc2)cn1. The highest BCUT2D eigenvalue weighted by molar-refractivity contribution is 5.86. The van der Waals surface area contributed by atoms with Crippen molar-refractivity contribution < 1.29 is 32.2 Å². The minimum absolute atomic E-state index is 0.00501. The van der Waals surface area contributed by atoms with Gasteiger partial charge in [-0.05, 0) is 43.7 Å². The summed E-state index contributed by atoms with van der Waals surface area (Å²) in [6, 6.07) is 7.23. The van der Waals surface area contributed by atoms with Crippen LogP contribution in [0.25, 0.3) is 22.3 Å². The van der Waals surface area contributed by atoms with E-state index in [0.29, 0.717) is 24.0 Å². The van der Waals surface area contributed by atoms with Crippen molar-refractivity contribution in [2.45, 2.75) is 103 Å². The summed E-state index contributed by atoms with van der Waals surface area (Å²) < 4.78 is 50.3. The first kappa shape index (κ1) is 33.6. The maximum atomic E-state index is 13.4. The fourth-order valence-corrected chi connectivity index (χ4v) is 4.40. The summed E-state index contributed by atoms with van der Waals surface area (Å²) in [5.41, 5.74) is 2.78. The summed E-state index contributed by atoms with van der Waals surface area (Å²) in [6.45, 7) is 5.97. The molecule has 0 unspecified atom stereocenters. The van der Waals surface area contributed by atoms with Crippen molar-refractivity contribution in [1.82, 2.24) is 19.9 Å². The van der Waals surface area contributed by atoms with E-state index in [9.17, 15) is 22.8 Å². The van der Waals surface area contributed by atoms with E-state index in [0.717, 1.165) is 56.1 Å². The van der Waals surface area contributed by atoms with Crippen LogP contribution in [-0.2, 0) is 9.47 Å². The van der Waals surface area contributed by atoms with Crippen LogP contribution in [0.5, 0.6) is 0 Å². The summed E-state index contributed by atoms with van der Waals surface area (Å²) >= 11 is 0. The largest absolute Gasteiger partial charge is 0.457 e. The molecule has 0 bridgehead atoms. The van der Waals surface area contributed by atoms with Crippen LogP contribution in [-0.4, -0.2) is 50.3 Å². The second-order valence-corrected chi connectivity index (χ2v) is 10.5. The number of aromatic nitrogens is 4. The van der Waals surface area contributed by atoms with Crippen molar-refractivity contribution >= 4 is 11.9 Å². The van der Waals surface area contributed by atoms with Gasteiger partial charge in [0, 0.05) is 35.9 Å². The maximum Gasteiger partial charge on any atom is 0.425 e. The molecule has 2 heterocycles. The smallest absolute Gasteiger partial charge is 0.425 e. The minimum atomic E-state index is -4.66. The first-order valence-electron chi connectivity index (χ1n) is 14.9. The van der Waals surface area contributed by atoms with Crippen molar-refractivity contribution in [2.24, 2.45) is 0 Å². The zero-order valence-corrected chi connectivity index (χ0v) is 24.9. The molecule has 0 fully saturated rings. The van der Waals surface area contributed by atoms with Gasteiger partial charge in [0.05, 0.1) is 6.10 Å². The van der Waals surface area contributed by atoms with E-state index < -0.39 is 30.0 Å². The first-order chi connectivity index (χ1) is 20.6. The number of benzene rings is 1. The normalized spacial score (nSPS) is 12.9. The van der Waals surface area contributed by atoms with Gasteiger partial charge in [0.1, 0.15) is 0 Å². The highest BCUT2D eigenvalue weighted by Gasteiger charge is 2.42. The third-order valence-electron chi connectivity index (χ3n) is 6.93. The number of rotatable bonds is 16. The van der Waals surface area contributed by atoms with Gasteiger partial charge in [-0.15, -0.1) is 0 Å². The number of hydrogen-bond acceptors (Lipinski definition) is 8. The monoisotopic (exact) mass is 600 g/mol. The van der Waals surface area contributed by atoms with E-state index in [-0.39, 0.29) is 18.3 Å². The molecule has 0 spiro atoms. The minimum Gasteiger partial charge on any atom is -0.457 e. The molecule has 0 aliphatic carbocycles. The molecule has 2 atom stereocenters. The number of esters is 2. The van der Waals surface area contributed by atoms with Gasteiger partial charge in [-0.25, -0.2) is 29.5 Å². The molecule has 0 aliphatic heterocycles. The van der Waals surface area contributed by atoms with Crippen molar-refractivity contribution in [3.8, 4) is 22.3 Å². The van der Waals surface area contributed by atoms with Crippen molar-refractivity contribution in [3.05, 3.63) is 60.7 Å². The number of carbonyl (C=O) groups excluding carboxylic acids is 2. The van der Waals surface area contributed by atoms with Gasteiger partial charge < -0.3 is 9.47 Å². The lowest BCUT2D eigenvalue weighted by Gasteiger charge is -2.20. The van der Waals surface area contributed by atoms with E-state index in [2.05, 4.69) is 26.9 Å². The van der Waals surface area contributed by atoms with Gasteiger partial charge >= 0.3 is 18.1 Å². The van der Waals surface area contributed by atoms with Crippen molar-refractivity contribution in [2.75, 3.05) is 0 Å². The van der Waals surface area contributed by atoms with Crippen LogP contribution >= 0.6 is 0 Å². The molecule has 3 aromatic rings. The molecule has 0 radical (unpaired) electrons. The molecule has 0 N–H and O–H groups in total. The van der Waals surface area contributed by atoms with Gasteiger partial charge in [0.15, 0.2) is 6.10 Å². The van der Waals surface area contributed by atoms with Crippen LogP contribution in [0.3, 0.4) is 0 Å². The average molecular weight is 601 g/mol. The van der Waals surface area contributed by atoms with Crippen LogP contribution in [0.15, 0.2) is 49.1 Å². The molecule has 43 heavy (non-hydrogen) atoms. The summed E-state index contributed by atoms with van der Waals surface area (Å²) in [4.78, 5) is 40.9. The predicted octanol–water partition coefficient (Wildman–Crippen LogP) is 8.17. The van der Waals surface area contributed by atoms with Crippen LogP contribution in [0.2, 0.25) is 0 Å². The Hall–Kier alpha value is -3.89. The molecule has 1 aromatic carbocycles. The molecule has 3 rings (SSSR count). The number of carbonyl (C=O) groups is 2. The highest BCUT2D eigenvalue weighted by atomic mass is 19.4. The van der Waals surface area contributed by atoms with Crippen LogP contribution < -0.4 is 0 Å². The van der Waals surface area contributed by atoms with Crippen LogP contribution in [0.1, 0.15) is 106 Å². The average Bonchev–Trinajstić information content (AvgIpc) is 3.00. The lowest BCUT2D eigenvalue weighted by Crippen LogP contribution is -2.34.